The molecule has 1 aliphatic carbocycles. The summed E-state index contributed by atoms with van der Waals surface area (Å²) >= 11 is 0. The molecule has 0 fully saturated rings. The van der Waals surface area contributed by atoms with Crippen molar-refractivity contribution in [3.63, 3.8) is 0 Å². The molecule has 7 nitrogen and oxygen atoms in total. The van der Waals surface area contributed by atoms with Crippen molar-refractivity contribution in [2.75, 3.05) is 25.2 Å². The summed E-state index contributed by atoms with van der Waals surface area (Å²) in [6.45, 7) is 0.505. The van der Waals surface area contributed by atoms with E-state index in [2.05, 4.69) is 29.2 Å². The summed E-state index contributed by atoms with van der Waals surface area (Å²) in [7, 11) is 1.28. The van der Waals surface area contributed by atoms with E-state index in [1.54, 1.807) is 0 Å². The van der Waals surface area contributed by atoms with Gasteiger partial charge in [0.25, 0.3) is 5.56 Å². The minimum absolute atomic E-state index is 0.0738. The second kappa shape index (κ2) is 8.00. The van der Waals surface area contributed by atoms with E-state index >= 15 is 0 Å². The van der Waals surface area contributed by atoms with Crippen LogP contribution in [0.3, 0.4) is 0 Å². The fraction of sp³-hybridized carbons (Fsp3) is 0.240. The molecule has 0 saturated carbocycles. The predicted octanol–water partition coefficient (Wildman–Crippen LogP) is 3.86. The molecule has 1 amide bonds. The monoisotopic (exact) mass is 430 g/mol. The number of carbonyl (C=O) groups excluding carboxylic acids is 2. The SMILES string of the molecule is COC(=O)c1c[nH]c(=O)c2c1CCCN2C(=O)OCC1c2ccccc2-c2ccccc21. The van der Waals surface area contributed by atoms with Crippen molar-refractivity contribution in [1.29, 1.82) is 0 Å². The van der Waals surface area contributed by atoms with Gasteiger partial charge < -0.3 is 14.5 Å². The number of aromatic nitrogens is 1. The van der Waals surface area contributed by atoms with Gasteiger partial charge in [-0.3, -0.25) is 9.69 Å². The maximum absolute atomic E-state index is 13.1. The molecule has 5 rings (SSSR count). The topological polar surface area (TPSA) is 88.7 Å². The first-order chi connectivity index (χ1) is 15.6. The molecule has 1 aliphatic heterocycles. The third-order valence-electron chi connectivity index (χ3n) is 6.21. The van der Waals surface area contributed by atoms with Crippen LogP contribution >= 0.6 is 0 Å². The zero-order valence-electron chi connectivity index (χ0n) is 17.6. The number of ether oxygens (including phenoxy) is 2. The molecule has 2 heterocycles. The minimum Gasteiger partial charge on any atom is -0.465 e. The molecule has 2 aromatic carbocycles. The fourth-order valence-electron chi connectivity index (χ4n) is 4.77. The first kappa shape index (κ1) is 20.1. The van der Waals surface area contributed by atoms with Gasteiger partial charge in [-0.05, 0) is 40.7 Å². The number of aromatic amines is 1. The van der Waals surface area contributed by atoms with Gasteiger partial charge in [-0.15, -0.1) is 0 Å². The van der Waals surface area contributed by atoms with Crippen LogP contribution in [0.5, 0.6) is 0 Å². The second-order valence-electron chi connectivity index (χ2n) is 7.91. The number of carbonyl (C=O) groups is 2. The molecule has 32 heavy (non-hydrogen) atoms. The molecular formula is C25H22N2O5. The van der Waals surface area contributed by atoms with Crippen molar-refractivity contribution in [2.24, 2.45) is 0 Å². The Balaban J connectivity index is 1.42. The number of nitrogens with zero attached hydrogens (tertiary/aromatic N) is 1. The van der Waals surface area contributed by atoms with Gasteiger partial charge in [0, 0.05) is 18.7 Å². The van der Waals surface area contributed by atoms with Crippen LogP contribution in [0.1, 0.15) is 39.4 Å². The van der Waals surface area contributed by atoms with E-state index < -0.39 is 17.6 Å². The van der Waals surface area contributed by atoms with E-state index in [0.29, 0.717) is 24.9 Å². The third-order valence-corrected chi connectivity index (χ3v) is 6.21. The van der Waals surface area contributed by atoms with Crippen molar-refractivity contribution >= 4 is 17.7 Å². The molecule has 1 aromatic heterocycles. The zero-order valence-corrected chi connectivity index (χ0v) is 17.6. The molecule has 3 aromatic rings. The number of esters is 1. The number of rotatable bonds is 3. The Labute approximate surface area is 184 Å². The van der Waals surface area contributed by atoms with Crippen LogP contribution < -0.4 is 10.5 Å². The summed E-state index contributed by atoms with van der Waals surface area (Å²) in [4.78, 5) is 41.7. The van der Waals surface area contributed by atoms with Gasteiger partial charge in [0.05, 0.1) is 12.7 Å². The van der Waals surface area contributed by atoms with E-state index in [0.717, 1.165) is 22.3 Å². The van der Waals surface area contributed by atoms with Crippen molar-refractivity contribution in [1.82, 2.24) is 4.98 Å². The molecule has 162 valence electrons. The van der Waals surface area contributed by atoms with Crippen molar-refractivity contribution in [2.45, 2.75) is 18.8 Å². The Kier molecular flexibility index (Phi) is 5.01. The van der Waals surface area contributed by atoms with Gasteiger partial charge in [0.1, 0.15) is 12.3 Å². The normalized spacial score (nSPS) is 14.3. The molecule has 7 heteroatoms. The maximum atomic E-state index is 13.1. The summed E-state index contributed by atoms with van der Waals surface area (Å²) in [5.74, 6) is -0.623. The number of pyridine rings is 1. The lowest BCUT2D eigenvalue weighted by Gasteiger charge is -2.29. The van der Waals surface area contributed by atoms with E-state index in [9.17, 15) is 14.4 Å². The van der Waals surface area contributed by atoms with Crippen LogP contribution in [0.4, 0.5) is 10.5 Å². The quantitative estimate of drug-likeness (QED) is 0.638. The summed E-state index contributed by atoms with van der Waals surface area (Å²) in [5, 5.41) is 0. The molecule has 1 N–H and O–H groups in total. The first-order valence-corrected chi connectivity index (χ1v) is 10.6. The number of hydrogen-bond donors (Lipinski definition) is 1. The van der Waals surface area contributed by atoms with Gasteiger partial charge in [0.2, 0.25) is 0 Å². The predicted molar refractivity (Wildman–Crippen MR) is 119 cm³/mol. The lowest BCUT2D eigenvalue weighted by Crippen LogP contribution is -2.41. The molecule has 0 radical (unpaired) electrons. The standard InChI is InChI=1S/C25H22N2O5/c1-31-24(29)20-13-26-23(28)22-19(20)11-6-12-27(22)25(30)32-14-21-17-9-4-2-7-15(17)16-8-3-5-10-18(16)21/h2-5,7-10,13,21H,6,11-12,14H2,1H3,(H,26,28). The number of hydrogen-bond acceptors (Lipinski definition) is 5. The molecule has 0 saturated heterocycles. The van der Waals surface area contributed by atoms with E-state index in [-0.39, 0.29) is 23.8 Å². The van der Waals surface area contributed by atoms with Gasteiger partial charge in [0.15, 0.2) is 0 Å². The Morgan fingerprint density at radius 2 is 1.72 bits per heavy atom. The Bertz CT molecular complexity index is 1230. The smallest absolute Gasteiger partial charge is 0.414 e. The second-order valence-corrected chi connectivity index (χ2v) is 7.91. The number of nitrogens with one attached hydrogen (secondary N) is 1. The highest BCUT2D eigenvalue weighted by molar-refractivity contribution is 5.96. The van der Waals surface area contributed by atoms with E-state index in [4.69, 9.17) is 9.47 Å². The van der Waals surface area contributed by atoms with Crippen molar-refractivity contribution in [3.8, 4) is 11.1 Å². The number of fused-ring (bicyclic) bond motifs is 4. The van der Waals surface area contributed by atoms with Gasteiger partial charge >= 0.3 is 12.1 Å². The lowest BCUT2D eigenvalue weighted by molar-refractivity contribution is 0.0598. The average Bonchev–Trinajstić information content (AvgIpc) is 3.15. The highest BCUT2D eigenvalue weighted by atomic mass is 16.6. The Morgan fingerprint density at radius 1 is 1.06 bits per heavy atom. The minimum atomic E-state index is -0.597. The summed E-state index contributed by atoms with van der Waals surface area (Å²) in [6, 6.07) is 16.2. The third kappa shape index (κ3) is 3.17. The van der Waals surface area contributed by atoms with Crippen LogP contribution in [0.25, 0.3) is 11.1 Å². The molecule has 0 atom stereocenters. The van der Waals surface area contributed by atoms with Crippen LogP contribution in [0.2, 0.25) is 0 Å². The fourth-order valence-corrected chi connectivity index (χ4v) is 4.77. The van der Waals surface area contributed by atoms with Crippen LogP contribution in [0.15, 0.2) is 59.5 Å². The van der Waals surface area contributed by atoms with E-state index in [1.165, 1.54) is 18.2 Å². The highest BCUT2D eigenvalue weighted by Crippen LogP contribution is 2.44. The lowest BCUT2D eigenvalue weighted by atomic mass is 9.98. The summed E-state index contributed by atoms with van der Waals surface area (Å²) in [5.41, 5.74) is 5.03. The van der Waals surface area contributed by atoms with E-state index in [1.807, 2.05) is 24.3 Å². The van der Waals surface area contributed by atoms with Crippen molar-refractivity contribution in [3.05, 3.63) is 87.3 Å². The van der Waals surface area contributed by atoms with Gasteiger partial charge in [-0.25, -0.2) is 9.59 Å². The Morgan fingerprint density at radius 3 is 2.38 bits per heavy atom. The first-order valence-electron chi connectivity index (χ1n) is 10.6. The van der Waals surface area contributed by atoms with Crippen LogP contribution in [0, 0.1) is 0 Å². The number of benzene rings is 2. The number of methoxy groups -OCH3 is 1. The molecule has 0 spiro atoms. The number of H-pyrrole nitrogens is 1. The molecule has 0 unspecified atom stereocenters. The van der Waals surface area contributed by atoms with Crippen molar-refractivity contribution < 1.29 is 19.1 Å². The Hall–Kier alpha value is -3.87. The van der Waals surface area contributed by atoms with Gasteiger partial charge in [-0.2, -0.15) is 0 Å². The zero-order chi connectivity index (χ0) is 22.2. The summed E-state index contributed by atoms with van der Waals surface area (Å²) < 4.78 is 10.6. The molecular weight excluding hydrogens is 408 g/mol. The average molecular weight is 430 g/mol. The van der Waals surface area contributed by atoms with Gasteiger partial charge in [-0.1, -0.05) is 48.5 Å². The number of anilines is 1. The molecule has 0 bridgehead atoms. The largest absolute Gasteiger partial charge is 0.465 e. The van der Waals surface area contributed by atoms with Crippen LogP contribution in [-0.2, 0) is 15.9 Å². The summed E-state index contributed by atoms with van der Waals surface area (Å²) in [6.07, 6.45) is 1.87. The maximum Gasteiger partial charge on any atom is 0.414 e. The highest BCUT2D eigenvalue weighted by Gasteiger charge is 2.33. The van der Waals surface area contributed by atoms with Crippen LogP contribution in [-0.4, -0.2) is 37.3 Å². The number of amides is 1. The molecule has 2 aliphatic rings.